The van der Waals surface area contributed by atoms with Crippen molar-refractivity contribution in [2.45, 2.75) is 196 Å². The second-order valence-electron chi connectivity index (χ2n) is 24.0. The minimum absolute atomic E-state index is 0.314. The molecule has 0 aliphatic heterocycles. The van der Waals surface area contributed by atoms with E-state index >= 15 is 0 Å². The third-order valence-corrected chi connectivity index (χ3v) is 23.6. The molecular formula is C47H86OSi. The van der Waals surface area contributed by atoms with Crippen LogP contribution in [0.15, 0.2) is 0 Å². The van der Waals surface area contributed by atoms with Gasteiger partial charge in [-0.25, -0.2) is 0 Å². The van der Waals surface area contributed by atoms with Crippen molar-refractivity contribution >= 4 is 8.07 Å². The van der Waals surface area contributed by atoms with Crippen molar-refractivity contribution in [1.82, 2.24) is 0 Å². The maximum absolute atomic E-state index is 6.70. The highest BCUT2D eigenvalue weighted by Gasteiger charge is 2.63. The molecule has 0 aromatic rings. The smallest absolute Gasteiger partial charge is 0.0638 e. The zero-order chi connectivity index (χ0) is 35.8. The molecule has 0 saturated heterocycles. The van der Waals surface area contributed by atoms with Crippen LogP contribution in [0, 0.1) is 93.2 Å². The highest BCUT2D eigenvalue weighted by Crippen LogP contribution is 2.69. The van der Waals surface area contributed by atoms with E-state index in [4.69, 9.17) is 4.74 Å². The molecule has 0 N–H and O–H groups in total. The Bertz CT molecular complexity index is 1090. The molecule has 6 saturated carbocycles. The highest BCUT2D eigenvalue weighted by atomic mass is 28.3. The summed E-state index contributed by atoms with van der Waals surface area (Å²) >= 11 is 0. The summed E-state index contributed by atoms with van der Waals surface area (Å²) in [5, 5.41) is 0. The second-order valence-corrected chi connectivity index (χ2v) is 29.0. The number of fused-ring (bicyclic) bond motifs is 2. The molecule has 0 spiro atoms. The summed E-state index contributed by atoms with van der Waals surface area (Å²) in [6, 6.07) is 0. The molecule has 49 heavy (non-hydrogen) atoms. The first-order valence-corrected chi connectivity index (χ1v) is 25.4. The van der Waals surface area contributed by atoms with Crippen molar-refractivity contribution in [3.63, 3.8) is 0 Å². The van der Waals surface area contributed by atoms with Gasteiger partial charge < -0.3 is 4.74 Å². The lowest BCUT2D eigenvalue weighted by molar-refractivity contribution is -0.117. The Morgan fingerprint density at radius 3 is 1.51 bits per heavy atom. The van der Waals surface area contributed by atoms with Crippen LogP contribution in [0.3, 0.4) is 0 Å². The zero-order valence-corrected chi connectivity index (χ0v) is 36.5. The van der Waals surface area contributed by atoms with Crippen molar-refractivity contribution in [2.75, 3.05) is 7.11 Å². The number of ether oxygens (including phenoxy) is 1. The molecule has 13 atom stereocenters. The fourth-order valence-electron chi connectivity index (χ4n) is 16.1. The van der Waals surface area contributed by atoms with E-state index in [1.807, 2.05) is 0 Å². The average molecular weight is 695 g/mol. The van der Waals surface area contributed by atoms with Gasteiger partial charge in [-0.15, -0.1) is 0 Å². The molecule has 0 heterocycles. The monoisotopic (exact) mass is 695 g/mol. The van der Waals surface area contributed by atoms with Crippen LogP contribution < -0.4 is 0 Å². The highest BCUT2D eigenvalue weighted by molar-refractivity contribution is 6.80. The molecule has 0 aromatic heterocycles. The molecule has 11 unspecified atom stereocenters. The van der Waals surface area contributed by atoms with Crippen molar-refractivity contribution in [3.05, 3.63) is 0 Å². The van der Waals surface area contributed by atoms with E-state index in [9.17, 15) is 0 Å². The van der Waals surface area contributed by atoms with Gasteiger partial charge >= 0.3 is 0 Å². The fourth-order valence-corrected chi connectivity index (χ4v) is 22.7. The predicted octanol–water partition coefficient (Wildman–Crippen LogP) is 14.2. The lowest BCUT2D eigenvalue weighted by Gasteiger charge is -2.55. The van der Waals surface area contributed by atoms with Crippen LogP contribution in [0.1, 0.15) is 166 Å². The summed E-state index contributed by atoms with van der Waals surface area (Å²) in [4.78, 5) is 0. The van der Waals surface area contributed by atoms with Gasteiger partial charge in [-0.3, -0.25) is 0 Å². The summed E-state index contributed by atoms with van der Waals surface area (Å²) in [6.07, 6.45) is 21.4. The Morgan fingerprint density at radius 2 is 1.00 bits per heavy atom. The molecule has 6 rings (SSSR count). The van der Waals surface area contributed by atoms with Crippen molar-refractivity contribution in [3.8, 4) is 0 Å². The molecule has 0 aromatic carbocycles. The third kappa shape index (κ3) is 7.36. The quantitative estimate of drug-likeness (QED) is 0.260. The van der Waals surface area contributed by atoms with Crippen LogP contribution in [0.25, 0.3) is 0 Å². The largest absolute Gasteiger partial charge is 0.381 e. The SMILES string of the molecule is COC1C(C(C)(C)C)CC2C(CC(C)C2[Si](C)(C)C2C(C)CC3C2CC(C(C)(C)C)C[C@@H]3C2CCC(C(C)(C)C)CC2)[C@H]1C1CCCCC1. The normalized spacial score (nSPS) is 46.0. The maximum Gasteiger partial charge on any atom is 0.0638 e. The summed E-state index contributed by atoms with van der Waals surface area (Å²) in [5.41, 5.74) is 3.24. The Kier molecular flexibility index (Phi) is 11.2. The molecule has 1 nitrogen and oxygen atoms in total. The lowest BCUT2D eigenvalue weighted by Crippen LogP contribution is -2.54. The zero-order valence-electron chi connectivity index (χ0n) is 35.5. The predicted molar refractivity (Wildman–Crippen MR) is 215 cm³/mol. The van der Waals surface area contributed by atoms with Crippen molar-refractivity contribution < 1.29 is 4.74 Å². The molecule has 0 amide bonds. The maximum atomic E-state index is 6.70. The minimum Gasteiger partial charge on any atom is -0.381 e. The molecule has 284 valence electrons. The Morgan fingerprint density at radius 1 is 0.490 bits per heavy atom. The summed E-state index contributed by atoms with van der Waals surface area (Å²) in [5.74, 6) is 11.9. The van der Waals surface area contributed by atoms with Crippen molar-refractivity contribution in [2.24, 2.45) is 93.2 Å². The fraction of sp³-hybridized carbons (Fsp3) is 1.00. The molecular weight excluding hydrogens is 609 g/mol. The van der Waals surface area contributed by atoms with Crippen LogP contribution in [0.5, 0.6) is 0 Å². The summed E-state index contributed by atoms with van der Waals surface area (Å²) in [6.45, 7) is 34.5. The van der Waals surface area contributed by atoms with Gasteiger partial charge in [0.05, 0.1) is 14.2 Å². The van der Waals surface area contributed by atoms with Gasteiger partial charge in [0.25, 0.3) is 0 Å². The van der Waals surface area contributed by atoms with Gasteiger partial charge in [-0.2, -0.15) is 0 Å². The van der Waals surface area contributed by atoms with Crippen molar-refractivity contribution in [1.29, 1.82) is 0 Å². The summed E-state index contributed by atoms with van der Waals surface area (Å²) < 4.78 is 6.70. The van der Waals surface area contributed by atoms with E-state index in [2.05, 4.69) is 96.4 Å². The number of hydrogen-bond acceptors (Lipinski definition) is 1. The van der Waals surface area contributed by atoms with Gasteiger partial charge in [0.2, 0.25) is 0 Å². The van der Waals surface area contributed by atoms with Gasteiger partial charge in [-0.1, -0.05) is 121 Å². The average Bonchev–Trinajstić information content (AvgIpc) is 3.54. The van der Waals surface area contributed by atoms with Crippen LogP contribution in [-0.2, 0) is 4.74 Å². The molecule has 6 aliphatic carbocycles. The second kappa shape index (κ2) is 14.1. The van der Waals surface area contributed by atoms with Crippen LogP contribution >= 0.6 is 0 Å². The molecule has 2 heteroatoms. The van der Waals surface area contributed by atoms with Gasteiger partial charge in [-0.05, 0) is 162 Å². The number of hydrogen-bond donors (Lipinski definition) is 0. The lowest BCUT2D eigenvalue weighted by atomic mass is 9.56. The first kappa shape index (κ1) is 38.9. The topological polar surface area (TPSA) is 9.23 Å². The van der Waals surface area contributed by atoms with Crippen LogP contribution in [0.4, 0.5) is 0 Å². The third-order valence-electron chi connectivity index (χ3n) is 18.1. The van der Waals surface area contributed by atoms with E-state index < -0.39 is 8.07 Å². The molecule has 0 radical (unpaired) electrons. The van der Waals surface area contributed by atoms with Crippen LogP contribution in [0.2, 0.25) is 24.2 Å². The number of methoxy groups -OCH3 is 1. The van der Waals surface area contributed by atoms with Gasteiger partial charge in [0.15, 0.2) is 0 Å². The Labute approximate surface area is 308 Å². The van der Waals surface area contributed by atoms with E-state index in [0.717, 1.165) is 82.1 Å². The minimum atomic E-state index is -1.62. The standard InChI is InChI=1S/C47H86OSi/c1-29-24-36-35(31-20-22-33(23-21-31)45(3,4)5)26-34(46(6,7)8)27-38(36)43(29)49(13,14)44-30(2)25-37-39(44)28-40(47(9,10)11)42(48-12)41(37)32-18-16-15-17-19-32/h29-44H,15-28H2,1-14H3/t29?,30?,31?,33?,34?,35-,36?,37?,38?,39?,40?,41-,42?,43?,44?/m1/s1. The Balaban J connectivity index is 1.31. The first-order chi connectivity index (χ1) is 22.7. The van der Waals surface area contributed by atoms with E-state index in [-0.39, 0.29) is 0 Å². The first-order valence-electron chi connectivity index (χ1n) is 22.3. The number of rotatable bonds is 5. The van der Waals surface area contributed by atoms with Crippen LogP contribution in [-0.4, -0.2) is 21.3 Å². The molecule has 6 aliphatic rings. The summed E-state index contributed by atoms with van der Waals surface area (Å²) in [7, 11) is 0.468. The van der Waals surface area contributed by atoms with E-state index in [1.165, 1.54) is 77.0 Å². The van der Waals surface area contributed by atoms with E-state index in [1.54, 1.807) is 12.8 Å². The van der Waals surface area contributed by atoms with E-state index in [0.29, 0.717) is 28.3 Å². The molecule has 6 fully saturated rings. The molecule has 0 bridgehead atoms. The van der Waals surface area contributed by atoms with Gasteiger partial charge in [0, 0.05) is 7.11 Å². The van der Waals surface area contributed by atoms with Gasteiger partial charge in [0.1, 0.15) is 0 Å². The Hall–Kier alpha value is 0.177.